The molecule has 0 aliphatic heterocycles. The minimum atomic E-state index is 0.233. The maximum Gasteiger partial charge on any atom is 0.150 e. The molecule has 1 aromatic carbocycles. The van der Waals surface area contributed by atoms with Crippen molar-refractivity contribution in [2.45, 2.75) is 6.54 Å². The standard InChI is InChI=1S/C10H10N2O2/c11-6-9-5-10(12-14-9)7-1-3-8(13)4-2-7/h1-5,13H,6,11H2. The summed E-state index contributed by atoms with van der Waals surface area (Å²) in [6.07, 6.45) is 0. The van der Waals surface area contributed by atoms with Gasteiger partial charge >= 0.3 is 0 Å². The first kappa shape index (κ1) is 8.77. The van der Waals surface area contributed by atoms with Crippen LogP contribution in [0.25, 0.3) is 11.3 Å². The monoisotopic (exact) mass is 190 g/mol. The van der Waals surface area contributed by atoms with Gasteiger partial charge in [0, 0.05) is 11.6 Å². The number of aromatic nitrogens is 1. The van der Waals surface area contributed by atoms with Gasteiger partial charge in [-0.05, 0) is 24.3 Å². The lowest BCUT2D eigenvalue weighted by Gasteiger charge is -1.94. The Bertz CT molecular complexity index is 420. The number of rotatable bonds is 2. The molecule has 0 aliphatic carbocycles. The van der Waals surface area contributed by atoms with E-state index in [2.05, 4.69) is 5.16 Å². The normalized spacial score (nSPS) is 10.4. The summed E-state index contributed by atoms with van der Waals surface area (Å²) < 4.78 is 4.96. The van der Waals surface area contributed by atoms with Crippen LogP contribution in [0.15, 0.2) is 34.9 Å². The number of phenols is 1. The van der Waals surface area contributed by atoms with E-state index in [9.17, 15) is 0 Å². The second-order valence-electron chi connectivity index (χ2n) is 2.93. The number of nitrogens with zero attached hydrogens (tertiary/aromatic N) is 1. The Morgan fingerprint density at radius 2 is 2.00 bits per heavy atom. The van der Waals surface area contributed by atoms with E-state index in [1.807, 2.05) is 0 Å². The Morgan fingerprint density at radius 3 is 2.57 bits per heavy atom. The number of aromatic hydroxyl groups is 1. The molecule has 0 unspecified atom stereocenters. The van der Waals surface area contributed by atoms with Gasteiger partial charge in [-0.3, -0.25) is 0 Å². The quantitative estimate of drug-likeness (QED) is 0.752. The third kappa shape index (κ3) is 1.60. The van der Waals surface area contributed by atoms with Crippen molar-refractivity contribution in [1.29, 1.82) is 0 Å². The Morgan fingerprint density at radius 1 is 1.29 bits per heavy atom. The van der Waals surface area contributed by atoms with Crippen LogP contribution in [0.4, 0.5) is 0 Å². The van der Waals surface area contributed by atoms with Crippen LogP contribution in [0, 0.1) is 0 Å². The van der Waals surface area contributed by atoms with E-state index < -0.39 is 0 Å². The number of hydrogen-bond donors (Lipinski definition) is 2. The molecule has 4 nitrogen and oxygen atoms in total. The maximum atomic E-state index is 9.09. The Hall–Kier alpha value is -1.81. The summed E-state index contributed by atoms with van der Waals surface area (Å²) in [4.78, 5) is 0. The molecule has 0 bridgehead atoms. The highest BCUT2D eigenvalue weighted by atomic mass is 16.5. The van der Waals surface area contributed by atoms with Gasteiger partial charge < -0.3 is 15.4 Å². The molecule has 1 heterocycles. The predicted molar refractivity (Wildman–Crippen MR) is 51.5 cm³/mol. The Labute approximate surface area is 81.0 Å². The highest BCUT2D eigenvalue weighted by Gasteiger charge is 2.04. The van der Waals surface area contributed by atoms with Crippen LogP contribution in [0.3, 0.4) is 0 Å². The topological polar surface area (TPSA) is 72.3 Å². The van der Waals surface area contributed by atoms with Gasteiger partial charge in [-0.2, -0.15) is 0 Å². The molecule has 0 spiro atoms. The van der Waals surface area contributed by atoms with Crippen LogP contribution in [-0.2, 0) is 6.54 Å². The van der Waals surface area contributed by atoms with E-state index in [4.69, 9.17) is 15.4 Å². The molecule has 0 atom stereocenters. The van der Waals surface area contributed by atoms with Crippen molar-refractivity contribution in [2.24, 2.45) is 5.73 Å². The molecule has 0 fully saturated rings. The summed E-state index contributed by atoms with van der Waals surface area (Å²) in [6.45, 7) is 0.338. The summed E-state index contributed by atoms with van der Waals surface area (Å²) in [6, 6.07) is 8.53. The number of phenolic OH excluding ortho intramolecular Hbond substituents is 1. The van der Waals surface area contributed by atoms with Crippen molar-refractivity contribution in [3.63, 3.8) is 0 Å². The maximum absolute atomic E-state index is 9.09. The molecule has 72 valence electrons. The van der Waals surface area contributed by atoms with Gasteiger partial charge in [0.1, 0.15) is 11.4 Å². The molecule has 0 amide bonds. The van der Waals surface area contributed by atoms with Crippen molar-refractivity contribution < 1.29 is 9.63 Å². The van der Waals surface area contributed by atoms with Gasteiger partial charge in [0.05, 0.1) is 6.54 Å². The minimum absolute atomic E-state index is 0.233. The zero-order valence-electron chi connectivity index (χ0n) is 7.47. The lowest BCUT2D eigenvalue weighted by molar-refractivity contribution is 0.387. The van der Waals surface area contributed by atoms with Crippen LogP contribution in [0.2, 0.25) is 0 Å². The molecule has 4 heteroatoms. The van der Waals surface area contributed by atoms with Crippen LogP contribution < -0.4 is 5.73 Å². The second kappa shape index (κ2) is 3.51. The predicted octanol–water partition coefficient (Wildman–Crippen LogP) is 1.51. The molecular weight excluding hydrogens is 180 g/mol. The van der Waals surface area contributed by atoms with E-state index in [1.54, 1.807) is 30.3 Å². The first-order valence-corrected chi connectivity index (χ1v) is 4.24. The summed E-state index contributed by atoms with van der Waals surface area (Å²) in [7, 11) is 0. The Balaban J connectivity index is 2.34. The van der Waals surface area contributed by atoms with Crippen molar-refractivity contribution in [3.8, 4) is 17.0 Å². The zero-order chi connectivity index (χ0) is 9.97. The molecule has 0 saturated heterocycles. The van der Waals surface area contributed by atoms with Crippen LogP contribution in [-0.4, -0.2) is 10.3 Å². The molecule has 3 N–H and O–H groups in total. The van der Waals surface area contributed by atoms with E-state index in [1.165, 1.54) is 0 Å². The van der Waals surface area contributed by atoms with E-state index in [-0.39, 0.29) is 5.75 Å². The van der Waals surface area contributed by atoms with Crippen molar-refractivity contribution in [2.75, 3.05) is 0 Å². The summed E-state index contributed by atoms with van der Waals surface area (Å²) in [5.74, 6) is 0.879. The van der Waals surface area contributed by atoms with E-state index in [0.717, 1.165) is 11.3 Å². The first-order valence-electron chi connectivity index (χ1n) is 4.24. The van der Waals surface area contributed by atoms with Gasteiger partial charge in [-0.25, -0.2) is 0 Å². The van der Waals surface area contributed by atoms with Crippen molar-refractivity contribution in [3.05, 3.63) is 36.1 Å². The van der Waals surface area contributed by atoms with Gasteiger partial charge in [-0.1, -0.05) is 5.16 Å². The van der Waals surface area contributed by atoms with Gasteiger partial charge in [-0.15, -0.1) is 0 Å². The fraction of sp³-hybridized carbons (Fsp3) is 0.100. The lowest BCUT2D eigenvalue weighted by atomic mass is 10.1. The SMILES string of the molecule is NCc1cc(-c2ccc(O)cc2)no1. The fourth-order valence-corrected chi connectivity index (χ4v) is 1.18. The van der Waals surface area contributed by atoms with Crippen molar-refractivity contribution >= 4 is 0 Å². The Kier molecular flexibility index (Phi) is 2.20. The molecule has 14 heavy (non-hydrogen) atoms. The van der Waals surface area contributed by atoms with Crippen LogP contribution in [0.5, 0.6) is 5.75 Å². The average molecular weight is 190 g/mol. The van der Waals surface area contributed by atoms with Crippen LogP contribution >= 0.6 is 0 Å². The van der Waals surface area contributed by atoms with E-state index in [0.29, 0.717) is 12.3 Å². The van der Waals surface area contributed by atoms with Gasteiger partial charge in [0.2, 0.25) is 0 Å². The number of hydrogen-bond acceptors (Lipinski definition) is 4. The molecule has 0 aliphatic rings. The second-order valence-corrected chi connectivity index (χ2v) is 2.93. The molecule has 2 aromatic rings. The largest absolute Gasteiger partial charge is 0.508 e. The minimum Gasteiger partial charge on any atom is -0.508 e. The third-order valence-corrected chi connectivity index (χ3v) is 1.92. The van der Waals surface area contributed by atoms with Gasteiger partial charge in [0.25, 0.3) is 0 Å². The van der Waals surface area contributed by atoms with Gasteiger partial charge in [0.15, 0.2) is 5.76 Å². The molecule has 0 saturated carbocycles. The highest BCUT2D eigenvalue weighted by Crippen LogP contribution is 2.21. The summed E-state index contributed by atoms with van der Waals surface area (Å²) >= 11 is 0. The molecule has 0 radical (unpaired) electrons. The van der Waals surface area contributed by atoms with Crippen LogP contribution in [0.1, 0.15) is 5.76 Å². The molecule has 2 rings (SSSR count). The fourth-order valence-electron chi connectivity index (χ4n) is 1.18. The smallest absolute Gasteiger partial charge is 0.150 e. The zero-order valence-corrected chi connectivity index (χ0v) is 7.47. The highest BCUT2D eigenvalue weighted by molar-refractivity contribution is 5.59. The third-order valence-electron chi connectivity index (χ3n) is 1.92. The summed E-state index contributed by atoms with van der Waals surface area (Å²) in [5.41, 5.74) is 7.01. The molecular formula is C10H10N2O2. The number of nitrogens with two attached hydrogens (primary N) is 1. The number of benzene rings is 1. The molecule has 1 aromatic heterocycles. The lowest BCUT2D eigenvalue weighted by Crippen LogP contribution is -1.92. The summed E-state index contributed by atoms with van der Waals surface area (Å²) in [5, 5.41) is 12.9. The average Bonchev–Trinajstić information content (AvgIpc) is 2.67. The van der Waals surface area contributed by atoms with Crippen molar-refractivity contribution in [1.82, 2.24) is 5.16 Å². The first-order chi connectivity index (χ1) is 6.79. The van der Waals surface area contributed by atoms with E-state index >= 15 is 0 Å².